The number of furan rings is 1. The molecule has 0 spiro atoms. The zero-order valence-electron chi connectivity index (χ0n) is 13.6. The SMILES string of the molecule is CCc1oc(C(=O)N(CC)C2CCCCC2C)cc1C(=O)O. The number of nitrogens with zero attached hydrogens (tertiary/aromatic N) is 1. The molecule has 1 heterocycles. The van der Waals surface area contributed by atoms with E-state index >= 15 is 0 Å². The van der Waals surface area contributed by atoms with Crippen LogP contribution in [0.15, 0.2) is 10.5 Å². The summed E-state index contributed by atoms with van der Waals surface area (Å²) in [6, 6.07) is 1.59. The maximum Gasteiger partial charge on any atom is 0.339 e. The van der Waals surface area contributed by atoms with Gasteiger partial charge in [-0.2, -0.15) is 0 Å². The molecule has 0 radical (unpaired) electrons. The lowest BCUT2D eigenvalue weighted by Gasteiger charge is -2.37. The summed E-state index contributed by atoms with van der Waals surface area (Å²) in [5.41, 5.74) is 0.0959. The van der Waals surface area contributed by atoms with Crippen molar-refractivity contribution in [1.29, 1.82) is 0 Å². The number of aryl methyl sites for hydroxylation is 1. The molecule has 1 aromatic heterocycles. The van der Waals surface area contributed by atoms with Crippen LogP contribution in [0.5, 0.6) is 0 Å². The predicted molar refractivity (Wildman–Crippen MR) is 83.2 cm³/mol. The first-order chi connectivity index (χ1) is 10.5. The van der Waals surface area contributed by atoms with Crippen molar-refractivity contribution in [3.05, 3.63) is 23.2 Å². The summed E-state index contributed by atoms with van der Waals surface area (Å²) >= 11 is 0. The molecule has 1 fully saturated rings. The highest BCUT2D eigenvalue weighted by atomic mass is 16.4. The molecule has 1 saturated carbocycles. The van der Waals surface area contributed by atoms with Gasteiger partial charge in [-0.3, -0.25) is 4.79 Å². The molecule has 0 saturated heterocycles. The Morgan fingerprint density at radius 1 is 1.32 bits per heavy atom. The summed E-state index contributed by atoms with van der Waals surface area (Å²) in [6.07, 6.45) is 4.95. The van der Waals surface area contributed by atoms with E-state index in [0.717, 1.165) is 19.3 Å². The molecule has 2 unspecified atom stereocenters. The van der Waals surface area contributed by atoms with E-state index in [1.54, 1.807) is 0 Å². The van der Waals surface area contributed by atoms with E-state index in [4.69, 9.17) is 4.42 Å². The van der Waals surface area contributed by atoms with Crippen molar-refractivity contribution in [2.75, 3.05) is 6.54 Å². The predicted octanol–water partition coefficient (Wildman–Crippen LogP) is 3.58. The van der Waals surface area contributed by atoms with Crippen LogP contribution in [-0.4, -0.2) is 34.5 Å². The summed E-state index contributed by atoms with van der Waals surface area (Å²) < 4.78 is 5.52. The van der Waals surface area contributed by atoms with Crippen LogP contribution < -0.4 is 0 Å². The fourth-order valence-corrected chi connectivity index (χ4v) is 3.41. The van der Waals surface area contributed by atoms with E-state index < -0.39 is 5.97 Å². The monoisotopic (exact) mass is 307 g/mol. The number of rotatable bonds is 5. The molecule has 5 heteroatoms. The lowest BCUT2D eigenvalue weighted by molar-refractivity contribution is 0.0536. The number of carbonyl (C=O) groups is 2. The van der Waals surface area contributed by atoms with E-state index in [2.05, 4.69) is 6.92 Å². The van der Waals surface area contributed by atoms with Crippen LogP contribution >= 0.6 is 0 Å². The Kier molecular flexibility index (Phi) is 5.27. The minimum absolute atomic E-state index is 0.0959. The quantitative estimate of drug-likeness (QED) is 0.902. The van der Waals surface area contributed by atoms with Gasteiger partial charge in [-0.25, -0.2) is 4.79 Å². The van der Waals surface area contributed by atoms with Crippen molar-refractivity contribution in [3.63, 3.8) is 0 Å². The molecule has 1 aromatic rings. The summed E-state index contributed by atoms with van der Waals surface area (Å²) in [5.74, 6) is -0.258. The standard InChI is InChI=1S/C17H25NO4/c1-4-14-12(17(20)21)10-15(22-14)16(19)18(5-2)13-9-7-6-8-11(13)3/h10-11,13H,4-9H2,1-3H3,(H,20,21). The minimum Gasteiger partial charge on any atom is -0.478 e. The molecule has 22 heavy (non-hydrogen) atoms. The van der Waals surface area contributed by atoms with Crippen molar-refractivity contribution in [1.82, 2.24) is 4.90 Å². The summed E-state index contributed by atoms with van der Waals surface area (Å²) in [7, 11) is 0. The number of carboxylic acid groups (broad SMARTS) is 1. The Hall–Kier alpha value is -1.78. The second kappa shape index (κ2) is 6.99. The fraction of sp³-hybridized carbons (Fsp3) is 0.647. The van der Waals surface area contributed by atoms with Gasteiger partial charge in [-0.05, 0) is 25.7 Å². The van der Waals surface area contributed by atoms with Crippen LogP contribution in [-0.2, 0) is 6.42 Å². The molecule has 1 N–H and O–H groups in total. The lowest BCUT2D eigenvalue weighted by Crippen LogP contribution is -2.45. The molecule has 5 nitrogen and oxygen atoms in total. The zero-order valence-corrected chi connectivity index (χ0v) is 13.6. The van der Waals surface area contributed by atoms with Gasteiger partial charge < -0.3 is 14.4 Å². The van der Waals surface area contributed by atoms with Crippen molar-refractivity contribution in [3.8, 4) is 0 Å². The number of aromatic carboxylic acids is 1. The number of amides is 1. The van der Waals surface area contributed by atoms with Gasteiger partial charge in [0.25, 0.3) is 5.91 Å². The number of hydrogen-bond acceptors (Lipinski definition) is 3. The molecule has 0 aromatic carbocycles. The molecule has 0 bridgehead atoms. The van der Waals surface area contributed by atoms with Gasteiger partial charge in [0, 0.05) is 25.1 Å². The van der Waals surface area contributed by atoms with Crippen molar-refractivity contribution < 1.29 is 19.1 Å². The highest BCUT2D eigenvalue weighted by Gasteiger charge is 2.32. The highest BCUT2D eigenvalue weighted by Crippen LogP contribution is 2.29. The molecule has 1 amide bonds. The first-order valence-corrected chi connectivity index (χ1v) is 8.16. The maximum absolute atomic E-state index is 12.8. The van der Waals surface area contributed by atoms with Crippen molar-refractivity contribution in [2.45, 2.75) is 58.9 Å². The molecule has 2 atom stereocenters. The second-order valence-corrected chi connectivity index (χ2v) is 6.03. The van der Waals surface area contributed by atoms with Crippen LogP contribution in [0.3, 0.4) is 0 Å². The summed E-state index contributed by atoms with van der Waals surface area (Å²) in [6.45, 7) is 6.57. The highest BCUT2D eigenvalue weighted by molar-refractivity contribution is 5.96. The fourth-order valence-electron chi connectivity index (χ4n) is 3.41. The van der Waals surface area contributed by atoms with Crippen LogP contribution in [0.4, 0.5) is 0 Å². The largest absolute Gasteiger partial charge is 0.478 e. The van der Waals surface area contributed by atoms with Crippen molar-refractivity contribution in [2.24, 2.45) is 5.92 Å². The van der Waals surface area contributed by atoms with Crippen molar-refractivity contribution >= 4 is 11.9 Å². The Labute approximate surface area is 131 Å². The first kappa shape index (κ1) is 16.6. The zero-order chi connectivity index (χ0) is 16.3. The first-order valence-electron chi connectivity index (χ1n) is 8.16. The minimum atomic E-state index is -1.05. The van der Waals surface area contributed by atoms with Gasteiger partial charge in [0.1, 0.15) is 11.3 Å². The van der Waals surface area contributed by atoms with E-state index in [1.165, 1.54) is 12.5 Å². The Bertz CT molecular complexity index is 549. The van der Waals surface area contributed by atoms with Crippen LogP contribution in [0.1, 0.15) is 73.1 Å². The third-order valence-electron chi connectivity index (χ3n) is 4.64. The molecule has 2 rings (SSSR count). The van der Waals surface area contributed by atoms with Crippen LogP contribution in [0.2, 0.25) is 0 Å². The third-order valence-corrected chi connectivity index (χ3v) is 4.64. The van der Waals surface area contributed by atoms with Gasteiger partial charge in [0.05, 0.1) is 0 Å². The Morgan fingerprint density at radius 2 is 2.00 bits per heavy atom. The Balaban J connectivity index is 2.26. The van der Waals surface area contributed by atoms with E-state index in [9.17, 15) is 14.7 Å². The molecular weight excluding hydrogens is 282 g/mol. The molecular formula is C17H25NO4. The second-order valence-electron chi connectivity index (χ2n) is 6.03. The number of carboxylic acids is 1. The maximum atomic E-state index is 12.8. The Morgan fingerprint density at radius 3 is 2.50 bits per heavy atom. The average molecular weight is 307 g/mol. The van der Waals surface area contributed by atoms with Gasteiger partial charge in [-0.1, -0.05) is 26.7 Å². The average Bonchev–Trinajstić information content (AvgIpc) is 2.94. The van der Waals surface area contributed by atoms with Gasteiger partial charge in [-0.15, -0.1) is 0 Å². The summed E-state index contributed by atoms with van der Waals surface area (Å²) in [4.78, 5) is 25.8. The normalized spacial score (nSPS) is 21.6. The van der Waals surface area contributed by atoms with E-state index in [1.807, 2.05) is 18.7 Å². The lowest BCUT2D eigenvalue weighted by atomic mass is 9.84. The van der Waals surface area contributed by atoms with Crippen LogP contribution in [0.25, 0.3) is 0 Å². The number of hydrogen-bond donors (Lipinski definition) is 1. The van der Waals surface area contributed by atoms with E-state index in [-0.39, 0.29) is 23.3 Å². The smallest absolute Gasteiger partial charge is 0.339 e. The third kappa shape index (κ3) is 3.18. The summed E-state index contributed by atoms with van der Waals surface area (Å²) in [5, 5.41) is 9.19. The topological polar surface area (TPSA) is 70.8 Å². The molecule has 122 valence electrons. The molecule has 0 aliphatic heterocycles. The van der Waals surface area contributed by atoms with E-state index in [0.29, 0.717) is 24.6 Å². The van der Waals surface area contributed by atoms with Gasteiger partial charge >= 0.3 is 5.97 Å². The number of carbonyl (C=O) groups excluding carboxylic acids is 1. The molecule has 1 aliphatic rings. The van der Waals surface area contributed by atoms with Gasteiger partial charge in [0.2, 0.25) is 0 Å². The molecule has 1 aliphatic carbocycles. The van der Waals surface area contributed by atoms with Gasteiger partial charge in [0.15, 0.2) is 5.76 Å². The van der Waals surface area contributed by atoms with Crippen LogP contribution in [0, 0.1) is 5.92 Å².